The normalized spacial score (nSPS) is 11.0. The fourth-order valence-electron chi connectivity index (χ4n) is 2.41. The molecule has 2 aromatic carbocycles. The summed E-state index contributed by atoms with van der Waals surface area (Å²) in [4.78, 5) is 4.07. The van der Waals surface area contributed by atoms with Gasteiger partial charge < -0.3 is 4.57 Å². The molecule has 2 aromatic heterocycles. The van der Waals surface area contributed by atoms with Crippen LogP contribution in [0.5, 0.6) is 0 Å². The van der Waals surface area contributed by atoms with E-state index in [0.29, 0.717) is 0 Å². The van der Waals surface area contributed by atoms with Gasteiger partial charge in [-0.3, -0.25) is 0 Å². The second-order valence-electron chi connectivity index (χ2n) is 4.89. The second-order valence-corrected chi connectivity index (χ2v) is 4.89. The van der Waals surface area contributed by atoms with Gasteiger partial charge in [0.25, 0.3) is 0 Å². The van der Waals surface area contributed by atoms with Crippen LogP contribution in [-0.4, -0.2) is 24.5 Å². The van der Waals surface area contributed by atoms with Gasteiger partial charge in [0.2, 0.25) is 0 Å². The van der Waals surface area contributed by atoms with E-state index in [1.807, 2.05) is 58.2 Å². The van der Waals surface area contributed by atoms with E-state index < -0.39 is 0 Å². The van der Waals surface area contributed by atoms with E-state index >= 15 is 0 Å². The van der Waals surface area contributed by atoms with Gasteiger partial charge >= 0.3 is 0 Å². The van der Waals surface area contributed by atoms with E-state index in [0.717, 1.165) is 23.3 Å². The molecule has 0 aliphatic carbocycles. The number of aromatic nitrogens is 5. The number of imidazole rings is 1. The molecule has 21 heavy (non-hydrogen) atoms. The lowest BCUT2D eigenvalue weighted by Crippen LogP contribution is -1.98. The molecule has 0 aliphatic heterocycles. The van der Waals surface area contributed by atoms with E-state index in [1.165, 1.54) is 5.56 Å². The third kappa shape index (κ3) is 2.18. The van der Waals surface area contributed by atoms with E-state index in [-0.39, 0.29) is 0 Å². The zero-order chi connectivity index (χ0) is 14.1. The first-order valence-electron chi connectivity index (χ1n) is 6.76. The third-order valence-corrected chi connectivity index (χ3v) is 3.44. The zero-order valence-corrected chi connectivity index (χ0v) is 11.3. The smallest absolute Gasteiger partial charge is 0.113 e. The molecule has 0 spiro atoms. The highest BCUT2D eigenvalue weighted by Crippen LogP contribution is 2.18. The molecular formula is C16H13N5. The molecule has 0 atom stereocenters. The fraction of sp³-hybridized carbons (Fsp3) is 0.0625. The van der Waals surface area contributed by atoms with Crippen molar-refractivity contribution in [3.8, 4) is 5.69 Å². The van der Waals surface area contributed by atoms with Crippen LogP contribution >= 0.6 is 0 Å². The predicted octanol–water partition coefficient (Wildman–Crippen LogP) is 2.67. The summed E-state index contributed by atoms with van der Waals surface area (Å²) in [6.45, 7) is 0.788. The highest BCUT2D eigenvalue weighted by molar-refractivity contribution is 5.76. The Morgan fingerprint density at radius 1 is 1.00 bits per heavy atom. The molecular weight excluding hydrogens is 262 g/mol. The van der Waals surface area contributed by atoms with Gasteiger partial charge in [-0.05, 0) is 29.8 Å². The molecule has 0 radical (unpaired) electrons. The van der Waals surface area contributed by atoms with Crippen LogP contribution < -0.4 is 0 Å². The monoisotopic (exact) mass is 275 g/mol. The first-order chi connectivity index (χ1) is 10.4. The Morgan fingerprint density at radius 2 is 1.90 bits per heavy atom. The molecule has 0 N–H and O–H groups in total. The summed E-state index contributed by atoms with van der Waals surface area (Å²) in [6.07, 6.45) is 5.56. The summed E-state index contributed by atoms with van der Waals surface area (Å²) in [5.41, 5.74) is 4.12. The van der Waals surface area contributed by atoms with Gasteiger partial charge in [-0.15, -0.1) is 5.10 Å². The molecule has 0 saturated carbocycles. The van der Waals surface area contributed by atoms with Crippen molar-refractivity contribution in [3.63, 3.8) is 0 Å². The number of para-hydroxylation sites is 1. The number of benzene rings is 2. The third-order valence-electron chi connectivity index (χ3n) is 3.44. The Morgan fingerprint density at radius 3 is 2.71 bits per heavy atom. The molecule has 5 nitrogen and oxygen atoms in total. The average molecular weight is 275 g/mol. The molecule has 102 valence electrons. The standard InChI is InChI=1S/C16H13N5/c1-2-4-14(5-3-1)21-16-10-13(6-7-15(16)18-19-21)11-20-9-8-17-12-20/h1-10,12H,11H2. The van der Waals surface area contributed by atoms with Crippen molar-refractivity contribution in [2.45, 2.75) is 6.54 Å². The summed E-state index contributed by atoms with van der Waals surface area (Å²) < 4.78 is 3.91. The van der Waals surface area contributed by atoms with Crippen molar-refractivity contribution in [2.24, 2.45) is 0 Å². The Bertz CT molecular complexity index is 862. The molecule has 0 saturated heterocycles. The Hall–Kier alpha value is -2.95. The van der Waals surface area contributed by atoms with Crippen molar-refractivity contribution in [1.29, 1.82) is 0 Å². The lowest BCUT2D eigenvalue weighted by atomic mass is 10.2. The van der Waals surface area contributed by atoms with Crippen molar-refractivity contribution in [2.75, 3.05) is 0 Å². The number of hydrogen-bond acceptors (Lipinski definition) is 3. The highest BCUT2D eigenvalue weighted by atomic mass is 15.4. The Kier molecular flexibility index (Phi) is 2.74. The predicted molar refractivity (Wildman–Crippen MR) is 80.2 cm³/mol. The molecule has 0 amide bonds. The SMILES string of the molecule is c1ccc(-n2nnc3ccc(Cn4ccnc4)cc32)cc1. The minimum atomic E-state index is 0.788. The molecule has 4 aromatic rings. The number of rotatable bonds is 3. The van der Waals surface area contributed by atoms with Crippen molar-refractivity contribution in [3.05, 3.63) is 72.8 Å². The number of hydrogen-bond donors (Lipinski definition) is 0. The molecule has 2 heterocycles. The minimum Gasteiger partial charge on any atom is -0.333 e. The maximum atomic E-state index is 4.25. The molecule has 0 fully saturated rings. The van der Waals surface area contributed by atoms with Crippen molar-refractivity contribution < 1.29 is 0 Å². The van der Waals surface area contributed by atoms with Crippen LogP contribution in [0.2, 0.25) is 0 Å². The van der Waals surface area contributed by atoms with Gasteiger partial charge in [-0.1, -0.05) is 29.5 Å². The molecule has 0 aliphatic rings. The largest absolute Gasteiger partial charge is 0.333 e. The molecule has 4 rings (SSSR count). The van der Waals surface area contributed by atoms with Crippen molar-refractivity contribution in [1.82, 2.24) is 24.5 Å². The topological polar surface area (TPSA) is 48.5 Å². The average Bonchev–Trinajstić information content (AvgIpc) is 3.17. The van der Waals surface area contributed by atoms with Crippen LogP contribution in [0, 0.1) is 0 Å². The van der Waals surface area contributed by atoms with Gasteiger partial charge in [-0.2, -0.15) is 0 Å². The zero-order valence-electron chi connectivity index (χ0n) is 11.3. The van der Waals surface area contributed by atoms with E-state index in [4.69, 9.17) is 0 Å². The lowest BCUT2D eigenvalue weighted by molar-refractivity contribution is 0.796. The Labute approximate surface area is 121 Å². The van der Waals surface area contributed by atoms with Crippen LogP contribution in [0.25, 0.3) is 16.7 Å². The van der Waals surface area contributed by atoms with Gasteiger partial charge in [-0.25, -0.2) is 9.67 Å². The lowest BCUT2D eigenvalue weighted by Gasteiger charge is -2.05. The van der Waals surface area contributed by atoms with E-state index in [9.17, 15) is 0 Å². The van der Waals surface area contributed by atoms with Crippen LogP contribution in [-0.2, 0) is 6.54 Å². The van der Waals surface area contributed by atoms with Crippen molar-refractivity contribution >= 4 is 11.0 Å². The maximum Gasteiger partial charge on any atom is 0.113 e. The quantitative estimate of drug-likeness (QED) is 0.577. The summed E-state index contributed by atoms with van der Waals surface area (Å²) in [5, 5.41) is 8.48. The first-order valence-corrected chi connectivity index (χ1v) is 6.76. The fourth-order valence-corrected chi connectivity index (χ4v) is 2.41. The van der Waals surface area contributed by atoms with Crippen LogP contribution in [0.15, 0.2) is 67.3 Å². The number of nitrogens with zero attached hydrogens (tertiary/aromatic N) is 5. The second kappa shape index (κ2) is 4.86. The van der Waals surface area contributed by atoms with Gasteiger partial charge in [0.05, 0.1) is 17.5 Å². The Balaban J connectivity index is 1.79. The molecule has 0 unspecified atom stereocenters. The minimum absolute atomic E-state index is 0.788. The van der Waals surface area contributed by atoms with Crippen LogP contribution in [0.1, 0.15) is 5.56 Å². The van der Waals surface area contributed by atoms with E-state index in [2.05, 4.69) is 27.4 Å². The summed E-state index contributed by atoms with van der Waals surface area (Å²) in [7, 11) is 0. The maximum absolute atomic E-state index is 4.25. The molecule has 0 bridgehead atoms. The first kappa shape index (κ1) is 11.8. The summed E-state index contributed by atoms with van der Waals surface area (Å²) >= 11 is 0. The summed E-state index contributed by atoms with van der Waals surface area (Å²) in [6, 6.07) is 16.2. The van der Waals surface area contributed by atoms with Crippen LogP contribution in [0.4, 0.5) is 0 Å². The van der Waals surface area contributed by atoms with Crippen LogP contribution in [0.3, 0.4) is 0 Å². The summed E-state index contributed by atoms with van der Waals surface area (Å²) in [5.74, 6) is 0. The van der Waals surface area contributed by atoms with E-state index in [1.54, 1.807) is 6.20 Å². The number of fused-ring (bicyclic) bond motifs is 1. The van der Waals surface area contributed by atoms with Gasteiger partial charge in [0.1, 0.15) is 5.52 Å². The van der Waals surface area contributed by atoms with Gasteiger partial charge in [0.15, 0.2) is 0 Å². The molecule has 5 heteroatoms. The highest BCUT2D eigenvalue weighted by Gasteiger charge is 2.07. The van der Waals surface area contributed by atoms with Gasteiger partial charge in [0, 0.05) is 18.9 Å².